The van der Waals surface area contributed by atoms with Crippen LogP contribution >= 0.6 is 0 Å². The van der Waals surface area contributed by atoms with Crippen LogP contribution in [0.2, 0.25) is 0 Å². The van der Waals surface area contributed by atoms with E-state index in [2.05, 4.69) is 6.92 Å². The normalized spacial score (nSPS) is 10.6. The van der Waals surface area contributed by atoms with E-state index >= 15 is 0 Å². The molecule has 6 heteroatoms. The van der Waals surface area contributed by atoms with Gasteiger partial charge < -0.3 is 19.3 Å². The van der Waals surface area contributed by atoms with Gasteiger partial charge in [0, 0.05) is 6.07 Å². The lowest BCUT2D eigenvalue weighted by Gasteiger charge is -2.08. The smallest absolute Gasteiger partial charge is 0.343 e. The van der Waals surface area contributed by atoms with Crippen molar-refractivity contribution in [3.05, 3.63) is 83.9 Å². The molecule has 0 radical (unpaired) electrons. The van der Waals surface area contributed by atoms with Crippen molar-refractivity contribution in [1.29, 1.82) is 0 Å². The molecule has 0 atom stereocenters. The summed E-state index contributed by atoms with van der Waals surface area (Å²) in [4.78, 5) is 24.7. The van der Waals surface area contributed by atoms with Gasteiger partial charge in [-0.2, -0.15) is 0 Å². The average molecular weight is 491 g/mol. The molecule has 3 aromatic carbocycles. The fourth-order valence-electron chi connectivity index (χ4n) is 3.65. The van der Waals surface area contributed by atoms with Gasteiger partial charge >= 0.3 is 11.9 Å². The minimum Gasteiger partial charge on any atom is -0.508 e. The molecule has 1 N–H and O–H groups in total. The van der Waals surface area contributed by atoms with Crippen molar-refractivity contribution in [3.63, 3.8) is 0 Å². The molecule has 3 rings (SSSR count). The van der Waals surface area contributed by atoms with Gasteiger partial charge in [0.1, 0.15) is 23.0 Å². The van der Waals surface area contributed by atoms with Crippen LogP contribution in [0.1, 0.15) is 79.0 Å². The highest BCUT2D eigenvalue weighted by molar-refractivity contribution is 5.92. The molecule has 0 unspecified atom stereocenters. The van der Waals surface area contributed by atoms with Crippen LogP contribution in [0, 0.1) is 0 Å². The van der Waals surface area contributed by atoms with E-state index in [9.17, 15) is 14.7 Å². The van der Waals surface area contributed by atoms with Gasteiger partial charge in [-0.05, 0) is 67.1 Å². The predicted octanol–water partition coefficient (Wildman–Crippen LogP) is 7.35. The average Bonchev–Trinajstić information content (AvgIpc) is 2.88. The van der Waals surface area contributed by atoms with Crippen molar-refractivity contribution in [2.45, 2.75) is 58.3 Å². The molecule has 0 spiro atoms. The molecule has 6 nitrogen and oxygen atoms in total. The number of hydrogen-bond acceptors (Lipinski definition) is 6. The van der Waals surface area contributed by atoms with E-state index in [0.717, 1.165) is 12.2 Å². The third kappa shape index (κ3) is 9.10. The minimum absolute atomic E-state index is 0.00523. The Kier molecular flexibility index (Phi) is 10.8. The van der Waals surface area contributed by atoms with Crippen LogP contribution in [0.5, 0.6) is 23.0 Å². The lowest BCUT2D eigenvalue weighted by molar-refractivity contribution is 0.0730. The third-order valence-corrected chi connectivity index (χ3v) is 5.69. The molecule has 0 aliphatic heterocycles. The first kappa shape index (κ1) is 26.8. The molecule has 3 aromatic rings. The lowest BCUT2D eigenvalue weighted by atomic mass is 10.1. The SMILES string of the molecule is CCCCCCCCCCOc1ccc(C(=O)Oc2ccc(C(=O)Oc3cccc(O)c3)cc2)cc1. The second kappa shape index (κ2) is 14.6. The number of esters is 2. The van der Waals surface area contributed by atoms with Crippen molar-refractivity contribution < 1.29 is 28.9 Å². The second-order valence-electron chi connectivity index (χ2n) is 8.65. The molecule has 0 aliphatic carbocycles. The molecule has 36 heavy (non-hydrogen) atoms. The number of aromatic hydroxyl groups is 1. The molecular formula is C30H34O6. The van der Waals surface area contributed by atoms with Crippen molar-refractivity contribution in [3.8, 4) is 23.0 Å². The van der Waals surface area contributed by atoms with Gasteiger partial charge in [0.15, 0.2) is 0 Å². The molecule has 0 amide bonds. The molecule has 190 valence electrons. The highest BCUT2D eigenvalue weighted by atomic mass is 16.5. The van der Waals surface area contributed by atoms with Crippen LogP contribution in [0.15, 0.2) is 72.8 Å². The highest BCUT2D eigenvalue weighted by Gasteiger charge is 2.12. The number of rotatable bonds is 14. The molecular weight excluding hydrogens is 456 g/mol. The lowest BCUT2D eigenvalue weighted by Crippen LogP contribution is -2.10. The van der Waals surface area contributed by atoms with E-state index in [-0.39, 0.29) is 17.1 Å². The van der Waals surface area contributed by atoms with Crippen LogP contribution < -0.4 is 14.2 Å². The number of ether oxygens (including phenoxy) is 3. The monoisotopic (exact) mass is 490 g/mol. The Morgan fingerprint density at radius 2 is 1.17 bits per heavy atom. The number of hydrogen-bond donors (Lipinski definition) is 1. The Morgan fingerprint density at radius 3 is 1.75 bits per heavy atom. The first-order chi connectivity index (χ1) is 17.5. The van der Waals surface area contributed by atoms with Crippen molar-refractivity contribution in [2.24, 2.45) is 0 Å². The van der Waals surface area contributed by atoms with Crippen LogP contribution in [0.25, 0.3) is 0 Å². The fraction of sp³-hybridized carbons (Fsp3) is 0.333. The van der Waals surface area contributed by atoms with Crippen LogP contribution in [0.3, 0.4) is 0 Å². The maximum Gasteiger partial charge on any atom is 0.343 e. The number of carbonyl (C=O) groups is 2. The largest absolute Gasteiger partial charge is 0.508 e. The summed E-state index contributed by atoms with van der Waals surface area (Å²) < 4.78 is 16.4. The van der Waals surface area contributed by atoms with Crippen LogP contribution in [-0.2, 0) is 0 Å². The van der Waals surface area contributed by atoms with E-state index in [0.29, 0.717) is 17.9 Å². The quantitative estimate of drug-likeness (QED) is 0.144. The summed E-state index contributed by atoms with van der Waals surface area (Å²) in [5.41, 5.74) is 0.693. The van der Waals surface area contributed by atoms with E-state index in [1.165, 1.54) is 81.3 Å². The van der Waals surface area contributed by atoms with Gasteiger partial charge in [-0.1, -0.05) is 57.9 Å². The number of phenolic OH excluding ortho intramolecular Hbond substituents is 1. The van der Waals surface area contributed by atoms with Gasteiger partial charge in [0.25, 0.3) is 0 Å². The zero-order valence-electron chi connectivity index (χ0n) is 20.8. The first-order valence-electron chi connectivity index (χ1n) is 12.6. The molecule has 0 fully saturated rings. The number of phenols is 1. The summed E-state index contributed by atoms with van der Waals surface area (Å²) >= 11 is 0. The van der Waals surface area contributed by atoms with E-state index in [4.69, 9.17) is 14.2 Å². The minimum atomic E-state index is -0.582. The van der Waals surface area contributed by atoms with Gasteiger partial charge in [0.05, 0.1) is 17.7 Å². The van der Waals surface area contributed by atoms with Gasteiger partial charge in [-0.15, -0.1) is 0 Å². The fourth-order valence-corrected chi connectivity index (χ4v) is 3.65. The Labute approximate surface area is 212 Å². The molecule has 0 heterocycles. The number of benzene rings is 3. The Balaban J connectivity index is 1.39. The van der Waals surface area contributed by atoms with Crippen LogP contribution in [0.4, 0.5) is 0 Å². The van der Waals surface area contributed by atoms with Crippen molar-refractivity contribution >= 4 is 11.9 Å². The molecule has 0 aliphatic rings. The number of carbonyl (C=O) groups excluding carboxylic acids is 2. The van der Waals surface area contributed by atoms with E-state index < -0.39 is 11.9 Å². The molecule has 0 saturated heterocycles. The standard InChI is InChI=1S/C30H34O6/c1-2-3-4-5-6-7-8-9-21-34-26-17-13-23(14-18-26)29(32)35-27-19-15-24(16-20-27)30(33)36-28-12-10-11-25(31)22-28/h10-20,22,31H,2-9,21H2,1H3. The Morgan fingerprint density at radius 1 is 0.639 bits per heavy atom. The second-order valence-corrected chi connectivity index (χ2v) is 8.65. The summed E-state index contributed by atoms with van der Waals surface area (Å²) in [6.07, 6.45) is 10.0. The Bertz CT molecular complexity index is 1090. The summed E-state index contributed by atoms with van der Waals surface area (Å²) in [6.45, 7) is 2.90. The molecule has 0 saturated carbocycles. The third-order valence-electron chi connectivity index (χ3n) is 5.69. The Hall–Kier alpha value is -3.80. The van der Waals surface area contributed by atoms with E-state index in [1.54, 1.807) is 36.4 Å². The summed E-state index contributed by atoms with van der Waals surface area (Å²) in [7, 11) is 0. The summed E-state index contributed by atoms with van der Waals surface area (Å²) in [6, 6.07) is 18.9. The summed E-state index contributed by atoms with van der Waals surface area (Å²) in [5.74, 6) is 0.195. The van der Waals surface area contributed by atoms with E-state index in [1.807, 2.05) is 0 Å². The maximum atomic E-state index is 12.5. The van der Waals surface area contributed by atoms with Crippen molar-refractivity contribution in [2.75, 3.05) is 6.61 Å². The molecule has 0 aromatic heterocycles. The zero-order valence-corrected chi connectivity index (χ0v) is 20.8. The van der Waals surface area contributed by atoms with Gasteiger partial charge in [0.2, 0.25) is 0 Å². The topological polar surface area (TPSA) is 82.1 Å². The number of unbranched alkanes of at least 4 members (excludes halogenated alkanes) is 7. The zero-order chi connectivity index (χ0) is 25.6. The van der Waals surface area contributed by atoms with Gasteiger partial charge in [-0.25, -0.2) is 9.59 Å². The van der Waals surface area contributed by atoms with Crippen molar-refractivity contribution in [1.82, 2.24) is 0 Å². The maximum absolute atomic E-state index is 12.5. The first-order valence-corrected chi connectivity index (χ1v) is 12.6. The highest BCUT2D eigenvalue weighted by Crippen LogP contribution is 2.21. The molecule has 0 bridgehead atoms. The van der Waals surface area contributed by atoms with Crippen LogP contribution in [-0.4, -0.2) is 23.7 Å². The summed E-state index contributed by atoms with van der Waals surface area (Å²) in [5, 5.41) is 9.47. The predicted molar refractivity (Wildman–Crippen MR) is 139 cm³/mol. The van der Waals surface area contributed by atoms with Gasteiger partial charge in [-0.3, -0.25) is 0 Å².